The first-order valence-electron chi connectivity index (χ1n) is 4.66. The molecule has 0 bridgehead atoms. The fourth-order valence-corrected chi connectivity index (χ4v) is 0.776. The largest absolute Gasteiger partial charge is 0.468 e. The molecule has 0 radical (unpaired) electrons. The maximum atomic E-state index is 10.3. The van der Waals surface area contributed by atoms with E-state index in [1.165, 1.54) is 19.6 Å². The molecule has 3 heteroatoms. The molecule has 0 heterocycles. The number of esters is 1. The van der Waals surface area contributed by atoms with Gasteiger partial charge in [0.2, 0.25) is 0 Å². The third-order valence-corrected chi connectivity index (χ3v) is 1.72. The van der Waals surface area contributed by atoms with Gasteiger partial charge in [0.1, 0.15) is 12.2 Å². The minimum Gasteiger partial charge on any atom is -0.468 e. The predicted octanol–water partition coefficient (Wildman–Crippen LogP) is 1.99. The van der Waals surface area contributed by atoms with Crippen molar-refractivity contribution < 1.29 is 14.3 Å². The van der Waals surface area contributed by atoms with Gasteiger partial charge in [-0.1, -0.05) is 35.9 Å². The summed E-state index contributed by atoms with van der Waals surface area (Å²) in [6.45, 7) is 3.57. The molecule has 3 nitrogen and oxygen atoms in total. The molecule has 0 aliphatic heterocycles. The summed E-state index contributed by atoms with van der Waals surface area (Å²) in [6, 6.07) is 10.3. The van der Waals surface area contributed by atoms with E-state index in [-0.39, 0.29) is 0 Å². The van der Waals surface area contributed by atoms with Crippen LogP contribution in [-0.4, -0.2) is 19.4 Å². The molecule has 82 valence electrons. The van der Waals surface area contributed by atoms with Crippen LogP contribution in [0.15, 0.2) is 30.3 Å². The van der Waals surface area contributed by atoms with Gasteiger partial charge in [-0.2, -0.15) is 0 Å². The topological polar surface area (TPSA) is 43.4 Å². The Labute approximate surface area is 90.1 Å². The molecular formula is C12H16O3. The number of methoxy groups -OCH3 is 1. The van der Waals surface area contributed by atoms with Crippen LogP contribution in [-0.2, 0) is 14.3 Å². The van der Waals surface area contributed by atoms with E-state index >= 15 is 0 Å². The minimum absolute atomic E-state index is 0.486. The lowest BCUT2D eigenvalue weighted by molar-refractivity contribution is -0.146. The monoisotopic (exact) mass is 208 g/mol. The average molecular weight is 208 g/mol. The smallest absolute Gasteiger partial charge is 0.315 e. The Morgan fingerprint density at radius 3 is 2.07 bits per heavy atom. The third kappa shape index (κ3) is 6.43. The Kier molecular flexibility index (Phi) is 6.89. The molecular weight excluding hydrogens is 192 g/mol. The normalized spacial score (nSPS) is 10.6. The molecule has 1 aromatic carbocycles. The second-order valence-electron chi connectivity index (χ2n) is 3.10. The van der Waals surface area contributed by atoms with Crippen molar-refractivity contribution in [2.45, 2.75) is 13.8 Å². The molecule has 0 aliphatic carbocycles. The number of aryl methyl sites for hydroxylation is 1. The van der Waals surface area contributed by atoms with Crippen LogP contribution in [0.25, 0.3) is 0 Å². The number of hydrogen-bond acceptors (Lipinski definition) is 3. The zero-order chi connectivity index (χ0) is 11.7. The Morgan fingerprint density at radius 2 is 1.87 bits per heavy atom. The molecule has 0 fully saturated rings. The van der Waals surface area contributed by atoms with Gasteiger partial charge < -0.3 is 9.53 Å². The zero-order valence-electron chi connectivity index (χ0n) is 9.27. The predicted molar refractivity (Wildman–Crippen MR) is 58.4 cm³/mol. The Hall–Kier alpha value is -1.64. The van der Waals surface area contributed by atoms with Crippen LogP contribution in [0.4, 0.5) is 0 Å². The van der Waals surface area contributed by atoms with E-state index in [1.54, 1.807) is 0 Å². The van der Waals surface area contributed by atoms with E-state index in [1.807, 2.05) is 18.2 Å². The molecule has 1 aromatic rings. The van der Waals surface area contributed by atoms with Crippen LogP contribution >= 0.6 is 0 Å². The van der Waals surface area contributed by atoms with Crippen LogP contribution in [0.3, 0.4) is 0 Å². The maximum absolute atomic E-state index is 10.3. The molecule has 0 saturated carbocycles. The summed E-state index contributed by atoms with van der Waals surface area (Å²) in [5, 5.41) is 0. The highest BCUT2D eigenvalue weighted by atomic mass is 16.5. The number of hydrogen-bond donors (Lipinski definition) is 0. The lowest BCUT2D eigenvalue weighted by atomic mass is 10.2. The minimum atomic E-state index is -0.625. The van der Waals surface area contributed by atoms with Gasteiger partial charge in [0, 0.05) is 0 Å². The van der Waals surface area contributed by atoms with E-state index in [0.29, 0.717) is 6.29 Å². The highest BCUT2D eigenvalue weighted by molar-refractivity contribution is 5.86. The number of carbonyl (C=O) groups is 2. The highest BCUT2D eigenvalue weighted by Crippen LogP contribution is 1.92. The van der Waals surface area contributed by atoms with E-state index in [4.69, 9.17) is 0 Å². The van der Waals surface area contributed by atoms with E-state index in [2.05, 4.69) is 23.8 Å². The van der Waals surface area contributed by atoms with Crippen molar-refractivity contribution in [3.05, 3.63) is 35.9 Å². The molecule has 0 N–H and O–H groups in total. The summed E-state index contributed by atoms with van der Waals surface area (Å²) < 4.78 is 4.23. The molecule has 0 amide bonds. The molecule has 15 heavy (non-hydrogen) atoms. The van der Waals surface area contributed by atoms with E-state index in [0.717, 1.165) is 0 Å². The van der Waals surface area contributed by atoms with Gasteiger partial charge in [-0.3, -0.25) is 4.79 Å². The summed E-state index contributed by atoms with van der Waals surface area (Å²) >= 11 is 0. The Balaban J connectivity index is 0.000000262. The summed E-state index contributed by atoms with van der Waals surface area (Å²) in [4.78, 5) is 20.1. The number of rotatable bonds is 2. The van der Waals surface area contributed by atoms with Gasteiger partial charge in [-0.25, -0.2) is 0 Å². The fraction of sp³-hybridized carbons (Fsp3) is 0.333. The molecule has 1 rings (SSSR count). The summed E-state index contributed by atoms with van der Waals surface area (Å²) in [7, 11) is 1.25. The Bertz CT molecular complexity index is 293. The van der Waals surface area contributed by atoms with Crippen molar-refractivity contribution in [2.75, 3.05) is 7.11 Å². The van der Waals surface area contributed by atoms with Crippen molar-refractivity contribution in [1.82, 2.24) is 0 Å². The van der Waals surface area contributed by atoms with Crippen molar-refractivity contribution in [1.29, 1.82) is 0 Å². The van der Waals surface area contributed by atoms with E-state index in [9.17, 15) is 9.59 Å². The van der Waals surface area contributed by atoms with Crippen molar-refractivity contribution in [3.63, 3.8) is 0 Å². The maximum Gasteiger partial charge on any atom is 0.315 e. The van der Waals surface area contributed by atoms with Gasteiger partial charge >= 0.3 is 5.97 Å². The SMILES string of the molecule is COC(=O)C(C)C=O.Cc1ccccc1. The molecule has 0 aromatic heterocycles. The van der Waals surface area contributed by atoms with Crippen LogP contribution in [0.2, 0.25) is 0 Å². The van der Waals surface area contributed by atoms with Crippen molar-refractivity contribution in [3.8, 4) is 0 Å². The number of benzene rings is 1. The van der Waals surface area contributed by atoms with E-state index < -0.39 is 11.9 Å². The first-order chi connectivity index (χ1) is 7.11. The first-order valence-corrected chi connectivity index (χ1v) is 4.66. The standard InChI is InChI=1S/C7H8.C5H8O3/c1-7-5-3-2-4-6-7;1-4(3-6)5(7)8-2/h2-6H,1H3;3-4H,1-2H3. The van der Waals surface area contributed by atoms with Gasteiger partial charge in [-0.15, -0.1) is 0 Å². The van der Waals surface area contributed by atoms with Crippen molar-refractivity contribution >= 4 is 12.3 Å². The van der Waals surface area contributed by atoms with Crippen LogP contribution in [0, 0.1) is 12.8 Å². The molecule has 1 unspecified atom stereocenters. The molecule has 0 aliphatic rings. The van der Waals surface area contributed by atoms with Gasteiger partial charge in [0.25, 0.3) is 0 Å². The third-order valence-electron chi connectivity index (χ3n) is 1.72. The second kappa shape index (κ2) is 7.74. The average Bonchev–Trinajstić information content (AvgIpc) is 2.29. The number of carbonyl (C=O) groups excluding carboxylic acids is 2. The fourth-order valence-electron chi connectivity index (χ4n) is 0.776. The van der Waals surface area contributed by atoms with Gasteiger partial charge in [0.05, 0.1) is 7.11 Å². The first kappa shape index (κ1) is 13.4. The summed E-state index contributed by atoms with van der Waals surface area (Å²) in [5.74, 6) is -1.11. The molecule has 0 saturated heterocycles. The second-order valence-corrected chi connectivity index (χ2v) is 3.10. The number of ether oxygens (including phenoxy) is 1. The number of aldehydes is 1. The summed E-state index contributed by atoms with van der Waals surface area (Å²) in [5.41, 5.74) is 1.32. The molecule has 1 atom stereocenters. The quantitative estimate of drug-likeness (QED) is 0.424. The Morgan fingerprint density at radius 1 is 1.33 bits per heavy atom. The molecule has 0 spiro atoms. The zero-order valence-corrected chi connectivity index (χ0v) is 9.27. The van der Waals surface area contributed by atoms with Crippen LogP contribution in [0.1, 0.15) is 12.5 Å². The van der Waals surface area contributed by atoms with Gasteiger partial charge in [0.15, 0.2) is 0 Å². The lowest BCUT2D eigenvalue weighted by Gasteiger charge is -1.97. The van der Waals surface area contributed by atoms with Crippen LogP contribution < -0.4 is 0 Å². The van der Waals surface area contributed by atoms with Crippen LogP contribution in [0.5, 0.6) is 0 Å². The lowest BCUT2D eigenvalue weighted by Crippen LogP contribution is -2.13. The highest BCUT2D eigenvalue weighted by Gasteiger charge is 2.09. The van der Waals surface area contributed by atoms with Gasteiger partial charge in [-0.05, 0) is 13.8 Å². The van der Waals surface area contributed by atoms with Crippen molar-refractivity contribution in [2.24, 2.45) is 5.92 Å². The summed E-state index contributed by atoms with van der Waals surface area (Å²) in [6.07, 6.45) is 0.547.